The van der Waals surface area contributed by atoms with Crippen molar-refractivity contribution >= 4 is 17.3 Å². The molecule has 2 aromatic heterocycles. The van der Waals surface area contributed by atoms with Gasteiger partial charge in [-0.3, -0.25) is 10.1 Å². The van der Waals surface area contributed by atoms with Gasteiger partial charge in [0.15, 0.2) is 5.96 Å². The minimum absolute atomic E-state index is 0.470. The summed E-state index contributed by atoms with van der Waals surface area (Å²) in [6, 6.07) is 0. The largest absolute Gasteiger partial charge is 0.350 e. The number of aliphatic imine (C=N–C) groups is 1. The molecule has 0 spiro atoms. The Kier molecular flexibility index (Phi) is 5.22. The number of aromatic amines is 1. The number of rotatable bonds is 4. The molecular formula is C15H23N7S. The molecular weight excluding hydrogens is 310 g/mol. The summed E-state index contributed by atoms with van der Waals surface area (Å²) in [4.78, 5) is 16.8. The van der Waals surface area contributed by atoms with Gasteiger partial charge in [0.2, 0.25) is 0 Å². The third-order valence-corrected chi connectivity index (χ3v) is 5.32. The zero-order chi connectivity index (χ0) is 16.1. The molecule has 0 aliphatic carbocycles. The Balaban J connectivity index is 1.51. The van der Waals surface area contributed by atoms with E-state index in [1.165, 1.54) is 4.88 Å². The number of hydrogen-bond donors (Lipinski definition) is 2. The first-order valence-corrected chi connectivity index (χ1v) is 8.86. The molecule has 1 fully saturated rings. The molecule has 0 aromatic carbocycles. The number of H-pyrrole nitrogens is 1. The minimum Gasteiger partial charge on any atom is -0.350 e. The van der Waals surface area contributed by atoms with Crippen molar-refractivity contribution in [2.45, 2.75) is 38.6 Å². The van der Waals surface area contributed by atoms with E-state index in [1.54, 1.807) is 17.7 Å². The number of guanidine groups is 1. The Hall–Kier alpha value is -1.96. The van der Waals surface area contributed by atoms with Crippen LogP contribution >= 0.6 is 11.3 Å². The van der Waals surface area contributed by atoms with Crippen LogP contribution in [0.3, 0.4) is 0 Å². The maximum absolute atomic E-state index is 4.45. The minimum atomic E-state index is 0.470. The molecule has 7 nitrogen and oxygen atoms in total. The number of thiazole rings is 1. The normalized spacial score (nSPS) is 16.8. The van der Waals surface area contributed by atoms with Gasteiger partial charge in [-0.2, -0.15) is 5.10 Å². The van der Waals surface area contributed by atoms with Gasteiger partial charge in [-0.1, -0.05) is 6.92 Å². The third kappa shape index (κ3) is 3.87. The van der Waals surface area contributed by atoms with Crippen molar-refractivity contribution in [1.82, 2.24) is 30.4 Å². The summed E-state index contributed by atoms with van der Waals surface area (Å²) in [5.41, 5.74) is 0. The number of nitrogens with one attached hydrogen (secondary N) is 2. The third-order valence-electron chi connectivity index (χ3n) is 4.17. The molecule has 0 saturated carbocycles. The summed E-state index contributed by atoms with van der Waals surface area (Å²) in [7, 11) is 1.84. The quantitative estimate of drug-likeness (QED) is 0.658. The van der Waals surface area contributed by atoms with Gasteiger partial charge in [0.1, 0.15) is 17.2 Å². The smallest absolute Gasteiger partial charge is 0.193 e. The van der Waals surface area contributed by atoms with Crippen molar-refractivity contribution in [1.29, 1.82) is 0 Å². The summed E-state index contributed by atoms with van der Waals surface area (Å²) in [6.07, 6.45) is 6.72. The summed E-state index contributed by atoms with van der Waals surface area (Å²) in [6.45, 7) is 4.84. The van der Waals surface area contributed by atoms with Crippen molar-refractivity contribution in [3.8, 4) is 0 Å². The van der Waals surface area contributed by atoms with Crippen LogP contribution in [0.5, 0.6) is 0 Å². The monoisotopic (exact) mass is 333 g/mol. The molecule has 0 amide bonds. The lowest BCUT2D eigenvalue weighted by Gasteiger charge is -2.33. The van der Waals surface area contributed by atoms with E-state index in [-0.39, 0.29) is 0 Å². The first kappa shape index (κ1) is 15.9. The molecule has 2 N–H and O–H groups in total. The van der Waals surface area contributed by atoms with Crippen molar-refractivity contribution in [2.24, 2.45) is 4.99 Å². The molecule has 0 unspecified atom stereocenters. The summed E-state index contributed by atoms with van der Waals surface area (Å²) in [5.74, 6) is 2.43. The lowest BCUT2D eigenvalue weighted by molar-refractivity contribution is 0.299. The van der Waals surface area contributed by atoms with E-state index < -0.39 is 0 Å². The molecule has 0 atom stereocenters. The van der Waals surface area contributed by atoms with E-state index >= 15 is 0 Å². The van der Waals surface area contributed by atoms with Crippen molar-refractivity contribution in [2.75, 3.05) is 20.1 Å². The van der Waals surface area contributed by atoms with Crippen LogP contribution in [0, 0.1) is 0 Å². The number of hydrogen-bond acceptors (Lipinski definition) is 5. The van der Waals surface area contributed by atoms with E-state index in [4.69, 9.17) is 0 Å². The van der Waals surface area contributed by atoms with E-state index in [0.717, 1.165) is 55.7 Å². The number of aryl methyl sites for hydroxylation is 1. The lowest BCUT2D eigenvalue weighted by Crippen LogP contribution is -2.45. The molecule has 0 bridgehead atoms. The SMILES string of the molecule is CCc1cnc(CNC(=NC)N2CCC(c3ncn[nH]3)CC2)s1. The lowest BCUT2D eigenvalue weighted by atomic mass is 9.96. The Labute approximate surface area is 140 Å². The maximum Gasteiger partial charge on any atom is 0.193 e. The maximum atomic E-state index is 4.45. The van der Waals surface area contributed by atoms with Crippen LogP contribution in [-0.4, -0.2) is 51.2 Å². The van der Waals surface area contributed by atoms with Crippen molar-refractivity contribution in [3.05, 3.63) is 28.2 Å². The fourth-order valence-electron chi connectivity index (χ4n) is 2.86. The second-order valence-electron chi connectivity index (χ2n) is 5.61. The van der Waals surface area contributed by atoms with Gasteiger partial charge in [0, 0.05) is 37.1 Å². The first-order chi connectivity index (χ1) is 11.3. The number of likely N-dealkylation sites (tertiary alicyclic amines) is 1. The Morgan fingerprint density at radius 2 is 2.26 bits per heavy atom. The predicted octanol–water partition coefficient (Wildman–Crippen LogP) is 1.78. The standard InChI is InChI=1S/C15H23N7S/c1-3-12-8-17-13(23-12)9-18-15(16-2)22-6-4-11(5-7-22)14-19-10-20-21-14/h8,10-11H,3-7,9H2,1-2H3,(H,16,18)(H,19,20,21). The second-order valence-corrected chi connectivity index (χ2v) is 6.81. The Bertz CT molecular complexity index is 626. The fraction of sp³-hybridized carbons (Fsp3) is 0.600. The van der Waals surface area contributed by atoms with Crippen LogP contribution in [0.2, 0.25) is 0 Å². The van der Waals surface area contributed by atoms with Crippen LogP contribution in [0.25, 0.3) is 0 Å². The van der Waals surface area contributed by atoms with Crippen molar-refractivity contribution in [3.63, 3.8) is 0 Å². The van der Waals surface area contributed by atoms with E-state index in [0.29, 0.717) is 5.92 Å². The molecule has 8 heteroatoms. The highest BCUT2D eigenvalue weighted by Crippen LogP contribution is 2.25. The number of piperidine rings is 1. The van der Waals surface area contributed by atoms with Crippen LogP contribution in [0.1, 0.15) is 41.4 Å². The highest BCUT2D eigenvalue weighted by atomic mass is 32.1. The van der Waals surface area contributed by atoms with Gasteiger partial charge < -0.3 is 10.2 Å². The molecule has 0 radical (unpaired) electrons. The number of aromatic nitrogens is 4. The highest BCUT2D eigenvalue weighted by molar-refractivity contribution is 7.11. The Morgan fingerprint density at radius 1 is 1.43 bits per heavy atom. The molecule has 1 aliphatic heterocycles. The average Bonchev–Trinajstić information content (AvgIpc) is 3.28. The van der Waals surface area contributed by atoms with Gasteiger partial charge in [-0.15, -0.1) is 11.3 Å². The summed E-state index contributed by atoms with van der Waals surface area (Å²) >= 11 is 1.76. The Morgan fingerprint density at radius 3 is 2.87 bits per heavy atom. The number of nitrogens with zero attached hydrogens (tertiary/aromatic N) is 5. The summed E-state index contributed by atoms with van der Waals surface area (Å²) in [5, 5.41) is 11.5. The molecule has 1 saturated heterocycles. The van der Waals surface area contributed by atoms with Crippen LogP contribution < -0.4 is 5.32 Å². The fourth-order valence-corrected chi connectivity index (χ4v) is 3.66. The van der Waals surface area contributed by atoms with Crippen LogP contribution in [-0.2, 0) is 13.0 Å². The van der Waals surface area contributed by atoms with E-state index in [1.807, 2.05) is 13.2 Å². The van der Waals surface area contributed by atoms with E-state index in [9.17, 15) is 0 Å². The molecule has 23 heavy (non-hydrogen) atoms. The zero-order valence-corrected chi connectivity index (χ0v) is 14.4. The first-order valence-electron chi connectivity index (χ1n) is 8.04. The van der Waals surface area contributed by atoms with Gasteiger partial charge in [-0.25, -0.2) is 9.97 Å². The predicted molar refractivity (Wildman–Crippen MR) is 91.6 cm³/mol. The van der Waals surface area contributed by atoms with Crippen LogP contribution in [0.4, 0.5) is 0 Å². The van der Waals surface area contributed by atoms with Gasteiger partial charge >= 0.3 is 0 Å². The molecule has 124 valence electrons. The zero-order valence-electron chi connectivity index (χ0n) is 13.6. The molecule has 1 aliphatic rings. The second kappa shape index (κ2) is 7.54. The highest BCUT2D eigenvalue weighted by Gasteiger charge is 2.24. The average molecular weight is 333 g/mol. The molecule has 2 aromatic rings. The van der Waals surface area contributed by atoms with E-state index in [2.05, 4.69) is 42.3 Å². The summed E-state index contributed by atoms with van der Waals surface area (Å²) < 4.78 is 0. The van der Waals surface area contributed by atoms with Gasteiger partial charge in [0.25, 0.3) is 0 Å². The van der Waals surface area contributed by atoms with Crippen LogP contribution in [0.15, 0.2) is 17.5 Å². The molecule has 3 heterocycles. The van der Waals surface area contributed by atoms with Gasteiger partial charge in [-0.05, 0) is 19.3 Å². The van der Waals surface area contributed by atoms with Gasteiger partial charge in [0.05, 0.1) is 6.54 Å². The molecule has 3 rings (SSSR count). The van der Waals surface area contributed by atoms with Crippen molar-refractivity contribution < 1.29 is 0 Å². The topological polar surface area (TPSA) is 82.1 Å².